The van der Waals surface area contributed by atoms with Gasteiger partial charge in [-0.15, -0.1) is 0 Å². The zero-order valence-electron chi connectivity index (χ0n) is 12.9. The summed E-state index contributed by atoms with van der Waals surface area (Å²) in [6.45, 7) is 0. The van der Waals surface area contributed by atoms with Gasteiger partial charge in [0, 0.05) is 16.9 Å². The van der Waals surface area contributed by atoms with E-state index in [0.717, 1.165) is 4.47 Å². The van der Waals surface area contributed by atoms with Gasteiger partial charge < -0.3 is 0 Å². The highest BCUT2D eigenvalue weighted by atomic mass is 79.9. The average molecular weight is 417 g/mol. The maximum Gasteiger partial charge on any atom is 0.330 e. The lowest BCUT2D eigenvalue weighted by atomic mass is 10.0. The Hall–Kier alpha value is -2.35. The maximum atomic E-state index is 10.3. The molecule has 0 saturated heterocycles. The van der Waals surface area contributed by atoms with Crippen LogP contribution in [0.5, 0.6) is 0 Å². The van der Waals surface area contributed by atoms with E-state index in [-0.39, 0.29) is 0 Å². The van der Waals surface area contributed by atoms with Crippen molar-refractivity contribution in [1.29, 1.82) is 0 Å². The molecule has 0 saturated carbocycles. The van der Waals surface area contributed by atoms with Gasteiger partial charge in [0.05, 0.1) is 0 Å². The third-order valence-electron chi connectivity index (χ3n) is 3.47. The first-order valence-corrected chi connectivity index (χ1v) is 9.50. The number of benzene rings is 3. The largest absolute Gasteiger partial charge is 0.330 e. The third kappa shape index (κ3) is 4.19. The molecule has 1 aromatic heterocycles. The average Bonchev–Trinajstić information content (AvgIpc) is 2.61. The van der Waals surface area contributed by atoms with Crippen LogP contribution in [0.15, 0.2) is 82.7 Å². The van der Waals surface area contributed by atoms with Gasteiger partial charge in [-0.25, -0.2) is 9.97 Å². The Balaban J connectivity index is 0.000000160. The standard InChI is InChI=1S/C14H9Br.C4H4N2O3S/c15-14-7-3-6-12-8-10-4-1-2-5-11(10)9-13(12)14;7-10(8,9)4-5-2-1-3-6-4/h1-9H;1-3H,(H,7,8,9). The molecule has 126 valence electrons. The summed E-state index contributed by atoms with van der Waals surface area (Å²) in [5.41, 5.74) is 0. The first-order chi connectivity index (χ1) is 11.9. The van der Waals surface area contributed by atoms with Gasteiger partial charge in [-0.2, -0.15) is 8.42 Å². The topological polar surface area (TPSA) is 80.2 Å². The molecule has 1 heterocycles. The first kappa shape index (κ1) is 17.5. The molecule has 0 aliphatic carbocycles. The highest BCUT2D eigenvalue weighted by Gasteiger charge is 2.10. The number of halogens is 1. The van der Waals surface area contributed by atoms with Crippen molar-refractivity contribution in [2.24, 2.45) is 0 Å². The smallest absolute Gasteiger partial charge is 0.279 e. The molecule has 3 aromatic carbocycles. The van der Waals surface area contributed by atoms with E-state index in [1.165, 1.54) is 40.0 Å². The predicted molar refractivity (Wildman–Crippen MR) is 101 cm³/mol. The van der Waals surface area contributed by atoms with Crippen molar-refractivity contribution in [3.05, 3.63) is 77.5 Å². The fourth-order valence-corrected chi connectivity index (χ4v) is 3.23. The van der Waals surface area contributed by atoms with Gasteiger partial charge in [0.1, 0.15) is 0 Å². The molecule has 0 fully saturated rings. The predicted octanol–water partition coefficient (Wildman–Crippen LogP) is 4.48. The summed E-state index contributed by atoms with van der Waals surface area (Å²) in [6, 6.07) is 20.7. The van der Waals surface area contributed by atoms with Gasteiger partial charge in [0.25, 0.3) is 5.16 Å². The quantitative estimate of drug-likeness (QED) is 0.281. The summed E-state index contributed by atoms with van der Waals surface area (Å²) in [4.78, 5) is 6.60. The fraction of sp³-hybridized carbons (Fsp3) is 0. The lowest BCUT2D eigenvalue weighted by molar-refractivity contribution is 0.474. The summed E-state index contributed by atoms with van der Waals surface area (Å²) >= 11 is 3.58. The van der Waals surface area contributed by atoms with Gasteiger partial charge in [-0.3, -0.25) is 4.55 Å². The molecule has 0 unspecified atom stereocenters. The Labute approximate surface area is 153 Å². The van der Waals surface area contributed by atoms with Gasteiger partial charge >= 0.3 is 10.1 Å². The molecule has 0 bridgehead atoms. The fourth-order valence-electron chi connectivity index (χ4n) is 2.35. The minimum atomic E-state index is -4.23. The minimum Gasteiger partial charge on any atom is -0.279 e. The molecule has 4 rings (SSSR count). The summed E-state index contributed by atoms with van der Waals surface area (Å²) in [6.07, 6.45) is 2.46. The lowest BCUT2D eigenvalue weighted by Gasteiger charge is -2.03. The Morgan fingerprint density at radius 3 is 2.00 bits per heavy atom. The van der Waals surface area contributed by atoms with E-state index in [1.807, 2.05) is 0 Å². The van der Waals surface area contributed by atoms with Crippen molar-refractivity contribution in [2.75, 3.05) is 0 Å². The van der Waals surface area contributed by atoms with Gasteiger partial charge in [-0.1, -0.05) is 52.3 Å². The Morgan fingerprint density at radius 1 is 0.800 bits per heavy atom. The van der Waals surface area contributed by atoms with Gasteiger partial charge in [0.15, 0.2) is 0 Å². The molecule has 0 amide bonds. The van der Waals surface area contributed by atoms with Crippen LogP contribution in [0.1, 0.15) is 0 Å². The number of hydrogen-bond acceptors (Lipinski definition) is 4. The highest BCUT2D eigenvalue weighted by molar-refractivity contribution is 9.10. The Bertz CT molecular complexity index is 1130. The van der Waals surface area contributed by atoms with Crippen LogP contribution >= 0.6 is 15.9 Å². The van der Waals surface area contributed by atoms with Crippen LogP contribution in [0.4, 0.5) is 0 Å². The molecule has 4 aromatic rings. The number of hydrogen-bond donors (Lipinski definition) is 1. The second-order valence-corrected chi connectivity index (χ2v) is 7.34. The van der Waals surface area contributed by atoms with E-state index in [4.69, 9.17) is 4.55 Å². The van der Waals surface area contributed by atoms with Crippen LogP contribution in [0, 0.1) is 0 Å². The van der Waals surface area contributed by atoms with Crippen molar-refractivity contribution < 1.29 is 13.0 Å². The normalized spacial score (nSPS) is 11.1. The third-order valence-corrected chi connectivity index (χ3v) is 4.83. The zero-order valence-corrected chi connectivity index (χ0v) is 15.3. The number of rotatable bonds is 1. The molecule has 0 radical (unpaired) electrons. The number of fused-ring (bicyclic) bond motifs is 2. The second-order valence-electron chi connectivity index (χ2n) is 5.17. The van der Waals surface area contributed by atoms with Crippen molar-refractivity contribution >= 4 is 47.6 Å². The van der Waals surface area contributed by atoms with Gasteiger partial charge in [-0.05, 0) is 45.8 Å². The molecular formula is C18H13BrN2O3S. The van der Waals surface area contributed by atoms with Crippen molar-refractivity contribution in [3.8, 4) is 0 Å². The molecule has 1 N–H and O–H groups in total. The zero-order chi connectivity index (χ0) is 17.9. The van der Waals surface area contributed by atoms with E-state index in [9.17, 15) is 8.42 Å². The maximum absolute atomic E-state index is 10.3. The van der Waals surface area contributed by atoms with Gasteiger partial charge in [0.2, 0.25) is 0 Å². The monoisotopic (exact) mass is 416 g/mol. The Morgan fingerprint density at radius 2 is 1.40 bits per heavy atom. The molecule has 0 aliphatic rings. The molecule has 25 heavy (non-hydrogen) atoms. The summed E-state index contributed by atoms with van der Waals surface area (Å²) < 4.78 is 30.0. The van der Waals surface area contributed by atoms with Crippen molar-refractivity contribution in [2.45, 2.75) is 5.16 Å². The molecular weight excluding hydrogens is 404 g/mol. The van der Waals surface area contributed by atoms with Crippen LogP contribution in [-0.2, 0) is 10.1 Å². The first-order valence-electron chi connectivity index (χ1n) is 7.27. The SMILES string of the molecule is Brc1cccc2cc3ccccc3cc12.O=S(=O)(O)c1ncccn1. The lowest BCUT2D eigenvalue weighted by Crippen LogP contribution is -2.02. The highest BCUT2D eigenvalue weighted by Crippen LogP contribution is 2.28. The number of aromatic nitrogens is 2. The molecule has 7 heteroatoms. The molecule has 0 spiro atoms. The van der Waals surface area contributed by atoms with Crippen molar-refractivity contribution in [1.82, 2.24) is 9.97 Å². The van der Waals surface area contributed by atoms with Crippen LogP contribution in [0.3, 0.4) is 0 Å². The summed E-state index contributed by atoms with van der Waals surface area (Å²) in [5, 5.41) is 4.56. The molecule has 0 aliphatic heterocycles. The van der Waals surface area contributed by atoms with E-state index >= 15 is 0 Å². The van der Waals surface area contributed by atoms with Crippen LogP contribution in [0.2, 0.25) is 0 Å². The second kappa shape index (κ2) is 7.26. The number of nitrogens with zero attached hydrogens (tertiary/aromatic N) is 2. The summed E-state index contributed by atoms with van der Waals surface area (Å²) in [7, 11) is -4.23. The minimum absolute atomic E-state index is 0.574. The van der Waals surface area contributed by atoms with Crippen molar-refractivity contribution in [3.63, 3.8) is 0 Å². The molecule has 5 nitrogen and oxygen atoms in total. The summed E-state index contributed by atoms with van der Waals surface area (Å²) in [5.74, 6) is 0. The molecule has 0 atom stereocenters. The van der Waals surface area contributed by atoms with E-state index in [1.54, 1.807) is 0 Å². The van der Waals surface area contributed by atoms with Crippen LogP contribution < -0.4 is 0 Å². The van der Waals surface area contributed by atoms with Crippen LogP contribution in [-0.4, -0.2) is 22.9 Å². The van der Waals surface area contributed by atoms with E-state index < -0.39 is 15.3 Å². The Kier molecular flexibility index (Phi) is 5.08. The van der Waals surface area contributed by atoms with E-state index in [2.05, 4.69) is 80.5 Å². The van der Waals surface area contributed by atoms with E-state index in [0.29, 0.717) is 0 Å². The van der Waals surface area contributed by atoms with Crippen LogP contribution in [0.25, 0.3) is 21.5 Å².